The van der Waals surface area contributed by atoms with Crippen LogP contribution >= 0.6 is 11.3 Å². The molecule has 1 aromatic heterocycles. The number of aliphatic carboxylic acids is 1. The van der Waals surface area contributed by atoms with Crippen LogP contribution in [-0.2, 0) is 16.0 Å². The van der Waals surface area contributed by atoms with Crippen molar-refractivity contribution in [1.82, 2.24) is 10.3 Å². The molecule has 0 bridgehead atoms. The molecule has 1 amide bonds. The molecule has 0 fully saturated rings. The number of hydrogen-bond acceptors (Lipinski definition) is 4. The van der Waals surface area contributed by atoms with Crippen molar-refractivity contribution in [3.05, 3.63) is 16.1 Å². The van der Waals surface area contributed by atoms with E-state index in [1.165, 1.54) is 0 Å². The predicted molar refractivity (Wildman–Crippen MR) is 69.6 cm³/mol. The number of thiazole rings is 1. The van der Waals surface area contributed by atoms with Gasteiger partial charge in [0.2, 0.25) is 5.91 Å². The number of hydrogen-bond donors (Lipinski definition) is 2. The van der Waals surface area contributed by atoms with Crippen LogP contribution in [0.5, 0.6) is 0 Å². The Balaban J connectivity index is 2.19. The predicted octanol–water partition coefficient (Wildman–Crippen LogP) is 1.61. The average molecular weight is 270 g/mol. The first kappa shape index (κ1) is 14.6. The molecule has 0 saturated heterocycles. The van der Waals surface area contributed by atoms with Gasteiger partial charge in [0, 0.05) is 36.9 Å². The van der Waals surface area contributed by atoms with E-state index in [-0.39, 0.29) is 24.7 Å². The Morgan fingerprint density at radius 3 is 2.78 bits per heavy atom. The van der Waals surface area contributed by atoms with E-state index in [1.807, 2.05) is 12.3 Å². The summed E-state index contributed by atoms with van der Waals surface area (Å²) in [5, 5.41) is 14.3. The maximum atomic E-state index is 11.5. The van der Waals surface area contributed by atoms with Crippen LogP contribution < -0.4 is 5.32 Å². The summed E-state index contributed by atoms with van der Waals surface area (Å²) in [6.07, 6.45) is 1.000. The highest BCUT2D eigenvalue weighted by atomic mass is 32.1. The molecule has 0 aliphatic carbocycles. The number of rotatable bonds is 7. The Bertz CT molecular complexity index is 417. The number of carbonyl (C=O) groups is 2. The fourth-order valence-corrected chi connectivity index (χ4v) is 2.36. The maximum absolute atomic E-state index is 11.5. The molecule has 18 heavy (non-hydrogen) atoms. The van der Waals surface area contributed by atoms with Gasteiger partial charge in [-0.1, -0.05) is 6.92 Å². The van der Waals surface area contributed by atoms with E-state index in [9.17, 15) is 9.59 Å². The minimum atomic E-state index is -0.867. The van der Waals surface area contributed by atoms with Crippen LogP contribution in [-0.4, -0.2) is 28.5 Å². The quantitative estimate of drug-likeness (QED) is 0.789. The Morgan fingerprint density at radius 1 is 1.50 bits per heavy atom. The third-order valence-electron chi connectivity index (χ3n) is 2.38. The number of aryl methyl sites for hydroxylation is 1. The molecule has 1 unspecified atom stereocenters. The number of carboxylic acids is 1. The molecule has 100 valence electrons. The van der Waals surface area contributed by atoms with Gasteiger partial charge in [0.05, 0.1) is 5.01 Å². The summed E-state index contributed by atoms with van der Waals surface area (Å²) in [4.78, 5) is 26.3. The number of nitrogens with one attached hydrogen (secondary N) is 1. The molecule has 0 spiro atoms. The van der Waals surface area contributed by atoms with Crippen LogP contribution in [0.2, 0.25) is 0 Å². The molecule has 1 rings (SSSR count). The molecule has 1 heterocycles. The van der Waals surface area contributed by atoms with E-state index in [2.05, 4.69) is 10.3 Å². The van der Waals surface area contributed by atoms with Crippen LogP contribution in [0.15, 0.2) is 5.38 Å². The van der Waals surface area contributed by atoms with Crippen LogP contribution in [0.3, 0.4) is 0 Å². The van der Waals surface area contributed by atoms with E-state index in [0.717, 1.165) is 17.1 Å². The lowest BCUT2D eigenvalue weighted by atomic mass is 10.0. The topological polar surface area (TPSA) is 79.3 Å². The van der Waals surface area contributed by atoms with E-state index in [0.29, 0.717) is 6.54 Å². The van der Waals surface area contributed by atoms with E-state index in [1.54, 1.807) is 18.3 Å². The van der Waals surface area contributed by atoms with Gasteiger partial charge in [-0.15, -0.1) is 11.3 Å². The summed E-state index contributed by atoms with van der Waals surface area (Å²) in [5.74, 6) is -1.10. The molecule has 5 nitrogen and oxygen atoms in total. The molecule has 0 radical (unpaired) electrons. The first-order chi connectivity index (χ1) is 8.47. The molecular weight excluding hydrogens is 252 g/mol. The summed E-state index contributed by atoms with van der Waals surface area (Å²) in [5.41, 5.74) is 0.997. The monoisotopic (exact) mass is 270 g/mol. The van der Waals surface area contributed by atoms with Crippen LogP contribution in [0.4, 0.5) is 0 Å². The molecular formula is C12H18N2O3S. The standard InChI is InChI=1S/C12H18N2O3S/c1-8(6-12(16)17)5-10(15)13-4-3-11-14-9(2)7-18-11/h7-8H,3-6H2,1-2H3,(H,13,15)(H,16,17). The van der Waals surface area contributed by atoms with Gasteiger partial charge in [-0.05, 0) is 12.8 Å². The highest BCUT2D eigenvalue weighted by molar-refractivity contribution is 7.09. The number of carboxylic acid groups (broad SMARTS) is 1. The Kier molecular flexibility index (Phi) is 5.77. The Morgan fingerprint density at radius 2 is 2.22 bits per heavy atom. The highest BCUT2D eigenvalue weighted by Crippen LogP contribution is 2.09. The van der Waals surface area contributed by atoms with E-state index < -0.39 is 5.97 Å². The van der Waals surface area contributed by atoms with Crippen LogP contribution in [0.25, 0.3) is 0 Å². The first-order valence-electron chi connectivity index (χ1n) is 5.87. The highest BCUT2D eigenvalue weighted by Gasteiger charge is 2.12. The number of aromatic nitrogens is 1. The minimum Gasteiger partial charge on any atom is -0.481 e. The number of amides is 1. The molecule has 6 heteroatoms. The van der Waals surface area contributed by atoms with Crippen molar-refractivity contribution in [2.24, 2.45) is 5.92 Å². The summed E-state index contributed by atoms with van der Waals surface area (Å²) >= 11 is 1.58. The zero-order chi connectivity index (χ0) is 13.5. The third-order valence-corrected chi connectivity index (χ3v) is 3.41. The van der Waals surface area contributed by atoms with Gasteiger partial charge in [-0.3, -0.25) is 9.59 Å². The molecule has 1 aromatic rings. The second-order valence-corrected chi connectivity index (χ2v) is 5.33. The van der Waals surface area contributed by atoms with Crippen molar-refractivity contribution in [2.75, 3.05) is 6.54 Å². The SMILES string of the molecule is Cc1csc(CCNC(=O)CC(C)CC(=O)O)n1. The fraction of sp³-hybridized carbons (Fsp3) is 0.583. The molecule has 1 atom stereocenters. The van der Waals surface area contributed by atoms with Gasteiger partial charge in [-0.2, -0.15) is 0 Å². The Hall–Kier alpha value is -1.43. The van der Waals surface area contributed by atoms with Gasteiger partial charge >= 0.3 is 5.97 Å². The summed E-state index contributed by atoms with van der Waals surface area (Å²) < 4.78 is 0. The van der Waals surface area contributed by atoms with Crippen molar-refractivity contribution in [1.29, 1.82) is 0 Å². The first-order valence-corrected chi connectivity index (χ1v) is 6.75. The zero-order valence-corrected chi connectivity index (χ0v) is 11.4. The lowest BCUT2D eigenvalue weighted by Crippen LogP contribution is -2.27. The van der Waals surface area contributed by atoms with Gasteiger partial charge in [0.15, 0.2) is 0 Å². The van der Waals surface area contributed by atoms with Crippen molar-refractivity contribution in [3.8, 4) is 0 Å². The second kappa shape index (κ2) is 7.10. The van der Waals surface area contributed by atoms with Crippen LogP contribution in [0, 0.1) is 12.8 Å². The van der Waals surface area contributed by atoms with E-state index in [4.69, 9.17) is 5.11 Å². The molecule has 0 aliphatic rings. The lowest BCUT2D eigenvalue weighted by molar-refractivity contribution is -0.138. The lowest BCUT2D eigenvalue weighted by Gasteiger charge is -2.08. The van der Waals surface area contributed by atoms with Crippen LogP contribution in [0.1, 0.15) is 30.5 Å². The number of carbonyl (C=O) groups excluding carboxylic acids is 1. The average Bonchev–Trinajstić information content (AvgIpc) is 2.62. The third kappa shape index (κ3) is 5.77. The Labute approximate surface area is 110 Å². The fourth-order valence-electron chi connectivity index (χ4n) is 1.59. The largest absolute Gasteiger partial charge is 0.481 e. The maximum Gasteiger partial charge on any atom is 0.303 e. The van der Waals surface area contributed by atoms with Crippen molar-refractivity contribution >= 4 is 23.2 Å². The van der Waals surface area contributed by atoms with Gasteiger partial charge in [0.1, 0.15) is 0 Å². The normalized spacial score (nSPS) is 12.1. The molecule has 0 aliphatic heterocycles. The van der Waals surface area contributed by atoms with Gasteiger partial charge < -0.3 is 10.4 Å². The van der Waals surface area contributed by atoms with Crippen molar-refractivity contribution < 1.29 is 14.7 Å². The van der Waals surface area contributed by atoms with E-state index >= 15 is 0 Å². The molecule has 0 saturated carbocycles. The molecule has 0 aromatic carbocycles. The molecule has 2 N–H and O–H groups in total. The minimum absolute atomic E-state index is 0.0269. The summed E-state index contributed by atoms with van der Waals surface area (Å²) in [6.45, 7) is 4.25. The zero-order valence-electron chi connectivity index (χ0n) is 10.6. The second-order valence-electron chi connectivity index (χ2n) is 4.39. The van der Waals surface area contributed by atoms with Crippen molar-refractivity contribution in [3.63, 3.8) is 0 Å². The smallest absolute Gasteiger partial charge is 0.303 e. The summed E-state index contributed by atoms with van der Waals surface area (Å²) in [6, 6.07) is 0. The van der Waals surface area contributed by atoms with Gasteiger partial charge in [0.25, 0.3) is 0 Å². The summed E-state index contributed by atoms with van der Waals surface area (Å²) in [7, 11) is 0. The van der Waals surface area contributed by atoms with Crippen molar-refractivity contribution in [2.45, 2.75) is 33.1 Å². The van der Waals surface area contributed by atoms with Gasteiger partial charge in [-0.25, -0.2) is 4.98 Å². The number of nitrogens with zero attached hydrogens (tertiary/aromatic N) is 1.